The third-order valence-electron chi connectivity index (χ3n) is 3.07. The molecule has 0 unspecified atom stereocenters. The first-order valence-electron chi connectivity index (χ1n) is 7.41. The van der Waals surface area contributed by atoms with Crippen LogP contribution in [0.1, 0.15) is 39.5 Å². The van der Waals surface area contributed by atoms with Crippen molar-refractivity contribution in [3.05, 3.63) is 24.3 Å². The molecule has 0 aliphatic carbocycles. The van der Waals surface area contributed by atoms with Gasteiger partial charge in [-0.15, -0.1) is 9.55 Å². The van der Waals surface area contributed by atoms with E-state index in [1.54, 1.807) is 0 Å². The van der Waals surface area contributed by atoms with Crippen molar-refractivity contribution in [1.82, 2.24) is 14.8 Å². The Labute approximate surface area is 125 Å². The lowest BCUT2D eigenvalue weighted by atomic mass is 10.3. The minimum Gasteiger partial charge on any atom is -0.291 e. The Kier molecular flexibility index (Phi) is 5.91. The maximum absolute atomic E-state index is 13.1. The molecule has 0 bridgehead atoms. The van der Waals surface area contributed by atoms with Gasteiger partial charge in [-0.05, 0) is 25.0 Å². The molecule has 6 nitrogen and oxygen atoms in total. The number of para-hydroxylation sites is 1. The zero-order valence-electron chi connectivity index (χ0n) is 12.6. The average Bonchev–Trinajstić information content (AvgIpc) is 2.92. The van der Waals surface area contributed by atoms with E-state index in [-0.39, 0.29) is 0 Å². The fourth-order valence-electron chi connectivity index (χ4n) is 1.83. The maximum atomic E-state index is 13.1. The molecule has 116 valence electrons. The first-order valence-corrected chi connectivity index (χ1v) is 8.91. The van der Waals surface area contributed by atoms with E-state index in [9.17, 15) is 4.57 Å². The molecule has 0 fully saturated rings. The minimum atomic E-state index is -3.49. The van der Waals surface area contributed by atoms with Crippen LogP contribution in [-0.4, -0.2) is 28.0 Å². The number of benzene rings is 1. The monoisotopic (exact) mass is 311 g/mol. The van der Waals surface area contributed by atoms with E-state index in [0.717, 1.165) is 25.7 Å². The van der Waals surface area contributed by atoms with Gasteiger partial charge in [0.2, 0.25) is 0 Å². The molecule has 21 heavy (non-hydrogen) atoms. The van der Waals surface area contributed by atoms with Crippen LogP contribution < -0.4 is 0 Å². The number of rotatable bonds is 9. The topological polar surface area (TPSA) is 66.2 Å². The summed E-state index contributed by atoms with van der Waals surface area (Å²) in [7, 11) is -3.49. The largest absolute Gasteiger partial charge is 0.456 e. The van der Waals surface area contributed by atoms with E-state index >= 15 is 0 Å². The average molecular weight is 311 g/mol. The molecule has 0 aliphatic heterocycles. The van der Waals surface area contributed by atoms with Crippen molar-refractivity contribution < 1.29 is 13.6 Å². The van der Waals surface area contributed by atoms with Crippen molar-refractivity contribution in [2.75, 3.05) is 13.2 Å². The van der Waals surface area contributed by atoms with Gasteiger partial charge >= 0.3 is 7.75 Å². The highest BCUT2D eigenvalue weighted by Gasteiger charge is 2.30. The predicted molar refractivity (Wildman–Crippen MR) is 82.3 cm³/mol. The number of hydrogen-bond acceptors (Lipinski definition) is 5. The van der Waals surface area contributed by atoms with Crippen LogP contribution in [0.3, 0.4) is 0 Å². The standard InChI is InChI=1S/C14H22N3O3P/c1-3-5-11-19-21(18,20-12-6-4-2)17-14-10-8-7-9-13(14)15-16-17/h7-10H,3-6,11-12H2,1-2H3. The Hall–Kier alpha value is -1.23. The lowest BCUT2D eigenvalue weighted by Gasteiger charge is -2.18. The van der Waals surface area contributed by atoms with Gasteiger partial charge in [0.05, 0.1) is 13.2 Å². The van der Waals surface area contributed by atoms with E-state index in [2.05, 4.69) is 24.2 Å². The van der Waals surface area contributed by atoms with E-state index in [4.69, 9.17) is 9.05 Å². The van der Waals surface area contributed by atoms with Crippen LogP contribution in [0.25, 0.3) is 11.0 Å². The molecule has 1 aromatic carbocycles. The number of aromatic nitrogens is 3. The van der Waals surface area contributed by atoms with Gasteiger partial charge in [-0.3, -0.25) is 9.05 Å². The van der Waals surface area contributed by atoms with Crippen LogP contribution in [-0.2, 0) is 13.6 Å². The second-order valence-electron chi connectivity index (χ2n) is 4.81. The summed E-state index contributed by atoms with van der Waals surface area (Å²) in [6.07, 6.45) is 3.58. The third kappa shape index (κ3) is 3.90. The lowest BCUT2D eigenvalue weighted by molar-refractivity contribution is 0.190. The van der Waals surface area contributed by atoms with Crippen LogP contribution in [0.5, 0.6) is 0 Å². The van der Waals surface area contributed by atoms with Gasteiger partial charge < -0.3 is 0 Å². The minimum absolute atomic E-state index is 0.383. The molecular formula is C14H22N3O3P. The SMILES string of the molecule is CCCCOP(=O)(OCCCC)n1nnc2ccccc21. The molecule has 0 radical (unpaired) electrons. The number of unbranched alkanes of at least 4 members (excludes halogenated alkanes) is 2. The lowest BCUT2D eigenvalue weighted by Crippen LogP contribution is -2.08. The first-order chi connectivity index (χ1) is 10.2. The Bertz CT molecular complexity index is 600. The van der Waals surface area contributed by atoms with Gasteiger partial charge in [-0.1, -0.05) is 44.0 Å². The zero-order valence-corrected chi connectivity index (χ0v) is 13.5. The second-order valence-corrected chi connectivity index (χ2v) is 6.64. The van der Waals surface area contributed by atoms with Crippen molar-refractivity contribution in [2.24, 2.45) is 0 Å². The number of nitrogens with zero attached hydrogens (tertiary/aromatic N) is 3. The van der Waals surface area contributed by atoms with Crippen LogP contribution in [0.2, 0.25) is 0 Å². The smallest absolute Gasteiger partial charge is 0.291 e. The molecule has 7 heteroatoms. The highest BCUT2D eigenvalue weighted by atomic mass is 31.2. The summed E-state index contributed by atoms with van der Waals surface area (Å²) < 4.78 is 25.5. The van der Waals surface area contributed by atoms with Crippen LogP contribution in [0, 0.1) is 0 Å². The van der Waals surface area contributed by atoms with E-state index in [0.29, 0.717) is 24.2 Å². The molecule has 2 aromatic rings. The summed E-state index contributed by atoms with van der Waals surface area (Å²) in [5, 5.41) is 8.00. The summed E-state index contributed by atoms with van der Waals surface area (Å²) in [5.74, 6) is 0. The molecule has 0 spiro atoms. The molecule has 1 aromatic heterocycles. The summed E-state index contributed by atoms with van der Waals surface area (Å²) in [4.78, 5) is 0. The van der Waals surface area contributed by atoms with Gasteiger partial charge in [-0.2, -0.15) is 0 Å². The molecule has 0 amide bonds. The zero-order chi connectivity index (χ0) is 15.1. The maximum Gasteiger partial charge on any atom is 0.456 e. The van der Waals surface area contributed by atoms with Crippen LogP contribution >= 0.6 is 7.75 Å². The fourth-order valence-corrected chi connectivity index (χ4v) is 3.42. The molecule has 0 aliphatic rings. The van der Waals surface area contributed by atoms with Gasteiger partial charge in [0.25, 0.3) is 0 Å². The summed E-state index contributed by atoms with van der Waals surface area (Å²) in [6, 6.07) is 7.35. The van der Waals surface area contributed by atoms with Gasteiger partial charge in [-0.25, -0.2) is 4.57 Å². The predicted octanol–water partition coefficient (Wildman–Crippen LogP) is 4.02. The molecule has 0 saturated heterocycles. The summed E-state index contributed by atoms with van der Waals surface area (Å²) in [5.41, 5.74) is 1.34. The van der Waals surface area contributed by atoms with Crippen molar-refractivity contribution in [3.8, 4) is 0 Å². The Morgan fingerprint density at radius 2 is 1.71 bits per heavy atom. The van der Waals surface area contributed by atoms with Crippen molar-refractivity contribution in [3.63, 3.8) is 0 Å². The summed E-state index contributed by atoms with van der Waals surface area (Å²) in [6.45, 7) is 4.87. The highest BCUT2D eigenvalue weighted by Crippen LogP contribution is 2.50. The molecule has 1 heterocycles. The number of hydrogen-bond donors (Lipinski definition) is 0. The van der Waals surface area contributed by atoms with Gasteiger partial charge in [0.15, 0.2) is 0 Å². The third-order valence-corrected chi connectivity index (χ3v) is 4.85. The first kappa shape index (κ1) is 16.1. The van der Waals surface area contributed by atoms with Crippen molar-refractivity contribution in [1.29, 1.82) is 0 Å². The summed E-state index contributed by atoms with van der Waals surface area (Å²) >= 11 is 0. The van der Waals surface area contributed by atoms with E-state index in [1.165, 1.54) is 4.45 Å². The Balaban J connectivity index is 2.27. The van der Waals surface area contributed by atoms with E-state index in [1.807, 2.05) is 24.3 Å². The van der Waals surface area contributed by atoms with Crippen molar-refractivity contribution >= 4 is 18.8 Å². The van der Waals surface area contributed by atoms with Gasteiger partial charge in [0, 0.05) is 0 Å². The van der Waals surface area contributed by atoms with Crippen LogP contribution in [0.4, 0.5) is 0 Å². The molecule has 0 N–H and O–H groups in total. The Morgan fingerprint density at radius 3 is 2.33 bits per heavy atom. The van der Waals surface area contributed by atoms with Crippen LogP contribution in [0.15, 0.2) is 24.3 Å². The molecular weight excluding hydrogens is 289 g/mol. The molecule has 0 atom stereocenters. The Morgan fingerprint density at radius 1 is 1.10 bits per heavy atom. The van der Waals surface area contributed by atoms with Crippen molar-refractivity contribution in [2.45, 2.75) is 39.5 Å². The van der Waals surface area contributed by atoms with Gasteiger partial charge in [0.1, 0.15) is 11.0 Å². The molecule has 2 rings (SSSR count). The highest BCUT2D eigenvalue weighted by molar-refractivity contribution is 7.52. The number of fused-ring (bicyclic) bond motifs is 1. The fraction of sp³-hybridized carbons (Fsp3) is 0.571. The van der Waals surface area contributed by atoms with E-state index < -0.39 is 7.75 Å². The quantitative estimate of drug-likeness (QED) is 0.517. The normalized spacial score (nSPS) is 12.1. The second kappa shape index (κ2) is 7.69. The molecule has 0 saturated carbocycles.